The van der Waals surface area contributed by atoms with Crippen LogP contribution in [0.1, 0.15) is 5.56 Å². The molecule has 0 unspecified atom stereocenters. The molecular weight excluding hydrogens is 370 g/mol. The summed E-state index contributed by atoms with van der Waals surface area (Å²) in [4.78, 5) is 23.5. The molecule has 1 aromatic rings. The van der Waals surface area contributed by atoms with Crippen LogP contribution < -0.4 is 0 Å². The van der Waals surface area contributed by atoms with E-state index >= 15 is 0 Å². The minimum atomic E-state index is -1.00. The smallest absolute Gasteiger partial charge is 0.409 e. The van der Waals surface area contributed by atoms with Gasteiger partial charge in [0.1, 0.15) is 13.2 Å². The average molecular weight is 399 g/mol. The first-order valence-electron chi connectivity index (χ1n) is 9.04. The Morgan fingerprint density at radius 2 is 1.39 bits per heavy atom. The molecule has 0 spiro atoms. The number of ether oxygens (including phenoxy) is 5. The summed E-state index contributed by atoms with van der Waals surface area (Å²) in [6.07, 6.45) is -0.395. The van der Waals surface area contributed by atoms with Crippen LogP contribution in [0, 0.1) is 0 Å². The Hall–Kier alpha value is -2.20. The van der Waals surface area contributed by atoms with Crippen LogP contribution in [0.5, 0.6) is 0 Å². The second-order valence-electron chi connectivity index (χ2n) is 5.75. The molecule has 0 aromatic heterocycles. The van der Waals surface area contributed by atoms with Crippen molar-refractivity contribution in [2.45, 2.75) is 6.61 Å². The van der Waals surface area contributed by atoms with Crippen molar-refractivity contribution >= 4 is 12.1 Å². The van der Waals surface area contributed by atoms with Gasteiger partial charge in [-0.05, 0) is 5.56 Å². The van der Waals surface area contributed by atoms with Crippen LogP contribution in [0.15, 0.2) is 30.3 Å². The largest absolute Gasteiger partial charge is 0.480 e. The Labute approximate surface area is 165 Å². The third-order valence-electron chi connectivity index (χ3n) is 3.43. The second-order valence-corrected chi connectivity index (χ2v) is 5.75. The summed E-state index contributed by atoms with van der Waals surface area (Å²) in [7, 11) is 1.66. The number of carboxylic acid groups (broad SMARTS) is 1. The molecule has 1 N–H and O–H groups in total. The lowest BCUT2D eigenvalue weighted by Gasteiger charge is -2.17. The first-order valence-corrected chi connectivity index (χ1v) is 9.04. The van der Waals surface area contributed by atoms with Crippen molar-refractivity contribution in [3.05, 3.63) is 35.9 Å². The SMILES string of the molecule is CN(CCOCCOCCOCCOCC(=O)O)C(=O)OCc1ccccc1. The van der Waals surface area contributed by atoms with E-state index in [0.29, 0.717) is 46.2 Å². The van der Waals surface area contributed by atoms with Crippen LogP contribution in [0.25, 0.3) is 0 Å². The van der Waals surface area contributed by atoms with Gasteiger partial charge in [0.15, 0.2) is 0 Å². The molecule has 0 aliphatic carbocycles. The number of aliphatic carboxylic acids is 1. The van der Waals surface area contributed by atoms with Crippen LogP contribution >= 0.6 is 0 Å². The highest BCUT2D eigenvalue weighted by atomic mass is 16.6. The zero-order chi connectivity index (χ0) is 20.5. The molecule has 0 heterocycles. The van der Waals surface area contributed by atoms with E-state index in [2.05, 4.69) is 0 Å². The molecule has 0 saturated carbocycles. The average Bonchev–Trinajstić information content (AvgIpc) is 2.70. The molecule has 1 amide bonds. The summed E-state index contributed by atoms with van der Waals surface area (Å²) < 4.78 is 26.0. The lowest BCUT2D eigenvalue weighted by molar-refractivity contribution is -0.142. The van der Waals surface area contributed by atoms with E-state index in [1.165, 1.54) is 4.90 Å². The van der Waals surface area contributed by atoms with Gasteiger partial charge in [-0.2, -0.15) is 0 Å². The van der Waals surface area contributed by atoms with Crippen LogP contribution in [0.4, 0.5) is 4.79 Å². The summed E-state index contributed by atoms with van der Waals surface area (Å²) in [5.41, 5.74) is 0.939. The number of carboxylic acids is 1. The monoisotopic (exact) mass is 399 g/mol. The predicted octanol–water partition coefficient (Wildman–Crippen LogP) is 1.41. The van der Waals surface area contributed by atoms with Gasteiger partial charge in [0.2, 0.25) is 0 Å². The molecule has 1 aromatic carbocycles. The second kappa shape index (κ2) is 15.8. The van der Waals surface area contributed by atoms with Gasteiger partial charge in [0.25, 0.3) is 0 Å². The molecule has 0 saturated heterocycles. The van der Waals surface area contributed by atoms with Crippen LogP contribution in [-0.2, 0) is 35.1 Å². The molecular formula is C19H29NO8. The fourth-order valence-electron chi connectivity index (χ4n) is 1.94. The van der Waals surface area contributed by atoms with Crippen molar-refractivity contribution in [1.82, 2.24) is 4.90 Å². The minimum absolute atomic E-state index is 0.233. The maximum Gasteiger partial charge on any atom is 0.409 e. The number of hydrogen-bond donors (Lipinski definition) is 1. The van der Waals surface area contributed by atoms with E-state index in [0.717, 1.165) is 5.56 Å². The number of carbonyl (C=O) groups is 2. The summed E-state index contributed by atoms with van der Waals surface area (Å²) in [5.74, 6) is -1.00. The molecule has 9 nitrogen and oxygen atoms in total. The lowest BCUT2D eigenvalue weighted by Crippen LogP contribution is -2.31. The quantitative estimate of drug-likeness (QED) is 0.416. The van der Waals surface area contributed by atoms with Crippen molar-refractivity contribution in [3.8, 4) is 0 Å². The van der Waals surface area contributed by atoms with Gasteiger partial charge in [0.05, 0.1) is 46.2 Å². The topological polar surface area (TPSA) is 104 Å². The number of likely N-dealkylation sites (N-methyl/N-ethyl adjacent to an activating group) is 1. The first-order chi connectivity index (χ1) is 13.6. The molecule has 0 atom stereocenters. The third kappa shape index (κ3) is 13.0. The molecule has 0 radical (unpaired) electrons. The van der Waals surface area contributed by atoms with Crippen LogP contribution in [0.3, 0.4) is 0 Å². The van der Waals surface area contributed by atoms with Crippen molar-refractivity contribution < 1.29 is 38.4 Å². The van der Waals surface area contributed by atoms with E-state index in [4.69, 9.17) is 28.8 Å². The van der Waals surface area contributed by atoms with Gasteiger partial charge in [-0.3, -0.25) is 0 Å². The van der Waals surface area contributed by atoms with Gasteiger partial charge < -0.3 is 33.7 Å². The summed E-state index contributed by atoms with van der Waals surface area (Å²) >= 11 is 0. The molecule has 0 bridgehead atoms. The van der Waals surface area contributed by atoms with E-state index in [-0.39, 0.29) is 19.8 Å². The van der Waals surface area contributed by atoms with Crippen LogP contribution in [-0.4, -0.2) is 88.5 Å². The Balaban J connectivity index is 1.87. The maximum atomic E-state index is 11.9. The standard InChI is InChI=1S/C19H29NO8/c1-20(19(23)28-15-17-5-3-2-4-6-17)7-8-24-9-10-25-11-12-26-13-14-27-16-18(21)22/h2-6H,7-16H2,1H3,(H,21,22). The van der Waals surface area contributed by atoms with Gasteiger partial charge in [-0.1, -0.05) is 30.3 Å². The number of hydrogen-bond acceptors (Lipinski definition) is 7. The molecule has 0 aliphatic rings. The summed E-state index contributed by atoms with van der Waals surface area (Å²) in [6, 6.07) is 9.49. The van der Waals surface area contributed by atoms with E-state index in [9.17, 15) is 9.59 Å². The van der Waals surface area contributed by atoms with Crippen molar-refractivity contribution in [3.63, 3.8) is 0 Å². The third-order valence-corrected chi connectivity index (χ3v) is 3.43. The van der Waals surface area contributed by atoms with Crippen molar-refractivity contribution in [1.29, 1.82) is 0 Å². The minimum Gasteiger partial charge on any atom is -0.480 e. The highest BCUT2D eigenvalue weighted by molar-refractivity contribution is 5.68. The molecule has 0 fully saturated rings. The molecule has 1 rings (SSSR count). The van der Waals surface area contributed by atoms with Gasteiger partial charge in [0, 0.05) is 13.6 Å². The van der Waals surface area contributed by atoms with E-state index < -0.39 is 12.1 Å². The van der Waals surface area contributed by atoms with E-state index in [1.54, 1.807) is 7.05 Å². The molecule has 158 valence electrons. The highest BCUT2D eigenvalue weighted by Crippen LogP contribution is 2.02. The van der Waals surface area contributed by atoms with E-state index in [1.807, 2.05) is 30.3 Å². The van der Waals surface area contributed by atoms with Gasteiger partial charge in [-0.25, -0.2) is 9.59 Å². The van der Waals surface area contributed by atoms with Crippen molar-refractivity contribution in [2.75, 3.05) is 66.4 Å². The Bertz CT molecular complexity index is 540. The molecule has 9 heteroatoms. The number of nitrogens with zero attached hydrogens (tertiary/aromatic N) is 1. The maximum absolute atomic E-state index is 11.9. The van der Waals surface area contributed by atoms with Gasteiger partial charge >= 0.3 is 12.1 Å². The lowest BCUT2D eigenvalue weighted by atomic mass is 10.2. The molecule has 0 aliphatic heterocycles. The van der Waals surface area contributed by atoms with Crippen LogP contribution in [0.2, 0.25) is 0 Å². The number of benzene rings is 1. The fraction of sp³-hybridized carbons (Fsp3) is 0.579. The molecule has 28 heavy (non-hydrogen) atoms. The van der Waals surface area contributed by atoms with Crippen molar-refractivity contribution in [2.24, 2.45) is 0 Å². The van der Waals surface area contributed by atoms with Gasteiger partial charge in [-0.15, -0.1) is 0 Å². The number of rotatable bonds is 16. The zero-order valence-corrected chi connectivity index (χ0v) is 16.2. The predicted molar refractivity (Wildman–Crippen MR) is 100 cm³/mol. The highest BCUT2D eigenvalue weighted by Gasteiger charge is 2.09. The summed E-state index contributed by atoms with van der Waals surface area (Å²) in [6.45, 7) is 2.92. The first kappa shape index (κ1) is 23.8. The normalized spacial score (nSPS) is 10.6. The Morgan fingerprint density at radius 3 is 1.96 bits per heavy atom. The Kier molecular flexibility index (Phi) is 13.5. The zero-order valence-electron chi connectivity index (χ0n) is 16.2. The number of carbonyl (C=O) groups excluding carboxylic acids is 1. The summed E-state index contributed by atoms with van der Waals surface area (Å²) in [5, 5.41) is 8.38. The number of amides is 1. The Morgan fingerprint density at radius 1 is 0.857 bits per heavy atom. The fourth-order valence-corrected chi connectivity index (χ4v) is 1.94.